The van der Waals surface area contributed by atoms with E-state index in [0.29, 0.717) is 4.90 Å². The normalized spacial score (nSPS) is 25.2. The Kier molecular flexibility index (Phi) is 5.34. The molecule has 19 heavy (non-hydrogen) atoms. The summed E-state index contributed by atoms with van der Waals surface area (Å²) in [4.78, 5) is 1.15. The third-order valence-corrected chi connectivity index (χ3v) is 7.19. The monoisotopic (exact) mass is 385 g/mol. The van der Waals surface area contributed by atoms with Crippen LogP contribution in [-0.2, 0) is 10.0 Å². The molecule has 1 aromatic heterocycles. The van der Waals surface area contributed by atoms with Crippen LogP contribution in [0.15, 0.2) is 14.7 Å². The van der Waals surface area contributed by atoms with Crippen molar-refractivity contribution in [2.24, 2.45) is 0 Å². The number of thiophene rings is 1. The second kappa shape index (κ2) is 6.43. The fourth-order valence-electron chi connectivity index (χ4n) is 2.36. The van der Waals surface area contributed by atoms with Gasteiger partial charge in [-0.15, -0.1) is 22.9 Å². The highest BCUT2D eigenvalue weighted by molar-refractivity contribution is 9.11. The number of halogens is 2. The Balaban J connectivity index is 2.18. The van der Waals surface area contributed by atoms with E-state index in [1.165, 1.54) is 11.3 Å². The second-order valence-corrected chi connectivity index (χ2v) is 9.73. The highest BCUT2D eigenvalue weighted by Gasteiger charge is 2.28. The number of hydrogen-bond acceptors (Lipinski definition) is 3. The van der Waals surface area contributed by atoms with Crippen LogP contribution in [0.5, 0.6) is 0 Å². The van der Waals surface area contributed by atoms with Gasteiger partial charge in [-0.25, -0.2) is 13.1 Å². The molecule has 7 heteroatoms. The largest absolute Gasteiger partial charge is 0.242 e. The molecule has 1 aromatic rings. The van der Waals surface area contributed by atoms with E-state index in [0.717, 1.165) is 40.8 Å². The lowest BCUT2D eigenvalue weighted by Gasteiger charge is -2.20. The maximum absolute atomic E-state index is 12.4. The highest BCUT2D eigenvalue weighted by Crippen LogP contribution is 2.31. The van der Waals surface area contributed by atoms with Gasteiger partial charge in [-0.3, -0.25) is 0 Å². The number of hydrogen-bond donors (Lipinski definition) is 1. The predicted molar refractivity (Wildman–Crippen MR) is 83.6 cm³/mol. The van der Waals surface area contributed by atoms with Crippen molar-refractivity contribution in [3.05, 3.63) is 14.7 Å². The fraction of sp³-hybridized carbons (Fsp3) is 0.667. The topological polar surface area (TPSA) is 46.2 Å². The maximum Gasteiger partial charge on any atom is 0.242 e. The van der Waals surface area contributed by atoms with Crippen molar-refractivity contribution < 1.29 is 8.42 Å². The Labute approximate surface area is 131 Å². The van der Waals surface area contributed by atoms with Gasteiger partial charge in [-0.1, -0.05) is 19.3 Å². The molecule has 108 valence electrons. The molecule has 2 unspecified atom stereocenters. The molecule has 0 radical (unpaired) electrons. The number of rotatable bonds is 3. The number of aryl methyl sites for hydroxylation is 1. The molecule has 2 rings (SSSR count). The SMILES string of the molecule is Cc1sc(Br)cc1S(=O)(=O)NC1CCCCCC1Cl. The Bertz CT molecular complexity index is 544. The van der Waals surface area contributed by atoms with Crippen molar-refractivity contribution in [1.82, 2.24) is 4.72 Å². The average Bonchev–Trinajstić information content (AvgIpc) is 2.54. The van der Waals surface area contributed by atoms with Gasteiger partial charge < -0.3 is 0 Å². The van der Waals surface area contributed by atoms with Crippen LogP contribution < -0.4 is 4.72 Å². The van der Waals surface area contributed by atoms with Gasteiger partial charge in [0.2, 0.25) is 10.0 Å². The van der Waals surface area contributed by atoms with E-state index in [4.69, 9.17) is 11.6 Å². The molecule has 1 heterocycles. The zero-order chi connectivity index (χ0) is 14.0. The lowest BCUT2D eigenvalue weighted by Crippen LogP contribution is -2.40. The zero-order valence-corrected chi connectivity index (χ0v) is 14.6. The minimum Gasteiger partial charge on any atom is -0.207 e. The van der Waals surface area contributed by atoms with E-state index in [1.807, 2.05) is 6.92 Å². The first kappa shape index (κ1) is 15.8. The molecule has 2 atom stereocenters. The Morgan fingerprint density at radius 2 is 2.05 bits per heavy atom. The summed E-state index contributed by atoms with van der Waals surface area (Å²) < 4.78 is 28.4. The Hall–Kier alpha value is 0.380. The third kappa shape index (κ3) is 3.94. The van der Waals surface area contributed by atoms with Crippen LogP contribution in [0.25, 0.3) is 0 Å². The van der Waals surface area contributed by atoms with Crippen molar-refractivity contribution in [2.75, 3.05) is 0 Å². The Morgan fingerprint density at radius 1 is 1.37 bits per heavy atom. The molecule has 1 aliphatic carbocycles. The number of nitrogens with one attached hydrogen (secondary N) is 1. The molecule has 0 spiro atoms. The second-order valence-electron chi connectivity index (χ2n) is 4.85. The maximum atomic E-state index is 12.4. The first-order valence-electron chi connectivity index (χ1n) is 6.32. The third-order valence-electron chi connectivity index (χ3n) is 3.37. The molecule has 0 bridgehead atoms. The van der Waals surface area contributed by atoms with Gasteiger partial charge >= 0.3 is 0 Å². The molecule has 1 N–H and O–H groups in total. The molecular formula is C12H17BrClNO2S2. The van der Waals surface area contributed by atoms with E-state index < -0.39 is 10.0 Å². The quantitative estimate of drug-likeness (QED) is 0.629. The molecule has 1 fully saturated rings. The van der Waals surface area contributed by atoms with Crippen LogP contribution in [-0.4, -0.2) is 19.8 Å². The molecule has 0 amide bonds. The van der Waals surface area contributed by atoms with Crippen LogP contribution in [0.4, 0.5) is 0 Å². The van der Waals surface area contributed by atoms with Gasteiger partial charge in [-0.05, 0) is 41.8 Å². The first-order chi connectivity index (χ1) is 8.90. The van der Waals surface area contributed by atoms with Crippen molar-refractivity contribution >= 4 is 48.9 Å². The van der Waals surface area contributed by atoms with Gasteiger partial charge in [-0.2, -0.15) is 0 Å². The lowest BCUT2D eigenvalue weighted by atomic mass is 10.1. The zero-order valence-electron chi connectivity index (χ0n) is 10.7. The van der Waals surface area contributed by atoms with Gasteiger partial charge in [0.25, 0.3) is 0 Å². The smallest absolute Gasteiger partial charge is 0.207 e. The van der Waals surface area contributed by atoms with Crippen LogP contribution in [0, 0.1) is 6.92 Å². The fourth-order valence-corrected chi connectivity index (χ4v) is 6.50. The molecule has 0 aliphatic heterocycles. The molecule has 1 saturated carbocycles. The molecule has 0 saturated heterocycles. The van der Waals surface area contributed by atoms with Crippen molar-refractivity contribution in [3.8, 4) is 0 Å². The standard InChI is InChI=1S/C12H17BrClNO2S2/c1-8-11(7-12(13)18-8)19(16,17)15-10-6-4-2-3-5-9(10)14/h7,9-10,15H,2-6H2,1H3. The van der Waals surface area contributed by atoms with E-state index >= 15 is 0 Å². The van der Waals surface area contributed by atoms with Crippen LogP contribution in [0.2, 0.25) is 0 Å². The Morgan fingerprint density at radius 3 is 2.68 bits per heavy atom. The first-order valence-corrected chi connectivity index (χ1v) is 9.85. The van der Waals surface area contributed by atoms with E-state index in [1.54, 1.807) is 6.07 Å². The average molecular weight is 387 g/mol. The van der Waals surface area contributed by atoms with E-state index in [9.17, 15) is 8.42 Å². The summed E-state index contributed by atoms with van der Waals surface area (Å²) in [6, 6.07) is 1.50. The summed E-state index contributed by atoms with van der Waals surface area (Å²) in [7, 11) is -3.47. The van der Waals surface area contributed by atoms with Gasteiger partial charge in [0, 0.05) is 16.3 Å². The van der Waals surface area contributed by atoms with Crippen molar-refractivity contribution in [2.45, 2.75) is 55.3 Å². The summed E-state index contributed by atoms with van der Waals surface area (Å²) >= 11 is 11.0. The van der Waals surface area contributed by atoms with Gasteiger partial charge in [0.15, 0.2) is 0 Å². The molecule has 1 aliphatic rings. The lowest BCUT2D eigenvalue weighted by molar-refractivity contribution is 0.514. The van der Waals surface area contributed by atoms with Crippen LogP contribution in [0.1, 0.15) is 37.0 Å². The van der Waals surface area contributed by atoms with Crippen LogP contribution in [0.3, 0.4) is 0 Å². The van der Waals surface area contributed by atoms with Crippen molar-refractivity contribution in [1.29, 1.82) is 0 Å². The summed E-state index contributed by atoms with van der Waals surface area (Å²) in [5.74, 6) is 0. The van der Waals surface area contributed by atoms with Crippen molar-refractivity contribution in [3.63, 3.8) is 0 Å². The van der Waals surface area contributed by atoms with E-state index in [2.05, 4.69) is 20.7 Å². The summed E-state index contributed by atoms with van der Waals surface area (Å²) in [6.07, 6.45) is 4.93. The summed E-state index contributed by atoms with van der Waals surface area (Å²) in [6.45, 7) is 1.81. The minimum atomic E-state index is -3.47. The summed E-state index contributed by atoms with van der Waals surface area (Å²) in [5, 5.41) is -0.111. The molecule has 3 nitrogen and oxygen atoms in total. The number of sulfonamides is 1. The van der Waals surface area contributed by atoms with E-state index in [-0.39, 0.29) is 11.4 Å². The highest BCUT2D eigenvalue weighted by atomic mass is 79.9. The summed E-state index contributed by atoms with van der Waals surface area (Å²) in [5.41, 5.74) is 0. The number of alkyl halides is 1. The van der Waals surface area contributed by atoms with Gasteiger partial charge in [0.1, 0.15) is 0 Å². The predicted octanol–water partition coefficient (Wildman–Crippen LogP) is 4.04. The molecular weight excluding hydrogens is 370 g/mol. The van der Waals surface area contributed by atoms with Crippen LogP contribution >= 0.6 is 38.9 Å². The minimum absolute atomic E-state index is 0.111. The molecule has 0 aromatic carbocycles. The van der Waals surface area contributed by atoms with Gasteiger partial charge in [0.05, 0.1) is 8.68 Å².